The van der Waals surface area contributed by atoms with Crippen LogP contribution in [0.5, 0.6) is 0 Å². The van der Waals surface area contributed by atoms with Crippen LogP contribution >= 0.6 is 34.9 Å². The van der Waals surface area contributed by atoms with Crippen LogP contribution < -0.4 is 0 Å². The molecule has 2 nitrogen and oxygen atoms in total. The highest BCUT2D eigenvalue weighted by Crippen LogP contribution is 2.45. The molecular formula is C16H16N2S3. The molecule has 2 heterocycles. The van der Waals surface area contributed by atoms with Crippen molar-refractivity contribution in [3.63, 3.8) is 0 Å². The van der Waals surface area contributed by atoms with Gasteiger partial charge in [0.25, 0.3) is 0 Å². The smallest absolute Gasteiger partial charge is 0.107 e. The molecule has 5 heteroatoms. The van der Waals surface area contributed by atoms with Crippen molar-refractivity contribution >= 4 is 34.9 Å². The number of hydrogen-bond donors (Lipinski definition) is 0. The van der Waals surface area contributed by atoms with Crippen molar-refractivity contribution in [3.8, 4) is 17.3 Å². The summed E-state index contributed by atoms with van der Waals surface area (Å²) in [6.07, 6.45) is 1.20. The van der Waals surface area contributed by atoms with Crippen LogP contribution in [0.15, 0.2) is 29.6 Å². The third kappa shape index (κ3) is 3.28. The van der Waals surface area contributed by atoms with E-state index in [0.717, 1.165) is 11.3 Å². The molecule has 0 saturated carbocycles. The number of rotatable bonds is 3. The van der Waals surface area contributed by atoms with Gasteiger partial charge in [0.1, 0.15) is 5.01 Å². The second-order valence-electron chi connectivity index (χ2n) is 4.87. The first-order valence-corrected chi connectivity index (χ1v) is 9.98. The molecule has 0 radical (unpaired) electrons. The van der Waals surface area contributed by atoms with Gasteiger partial charge in [0.15, 0.2) is 0 Å². The molecule has 1 aliphatic heterocycles. The predicted octanol–water partition coefficient (Wildman–Crippen LogP) is 4.98. The van der Waals surface area contributed by atoms with Gasteiger partial charge in [0.05, 0.1) is 22.6 Å². The van der Waals surface area contributed by atoms with Crippen LogP contribution in [0.25, 0.3) is 11.3 Å². The molecule has 1 saturated heterocycles. The van der Waals surface area contributed by atoms with Crippen LogP contribution in [-0.4, -0.2) is 21.7 Å². The molecule has 0 spiro atoms. The van der Waals surface area contributed by atoms with E-state index in [4.69, 9.17) is 10.2 Å². The third-order valence-electron chi connectivity index (χ3n) is 3.53. The second kappa shape index (κ2) is 6.87. The number of nitriles is 1. The number of nitrogens with zero attached hydrogens (tertiary/aromatic N) is 2. The van der Waals surface area contributed by atoms with E-state index in [-0.39, 0.29) is 0 Å². The largest absolute Gasteiger partial charge is 0.240 e. The van der Waals surface area contributed by atoms with E-state index in [9.17, 15) is 0 Å². The fourth-order valence-corrected chi connectivity index (χ4v) is 6.67. The van der Waals surface area contributed by atoms with Crippen molar-refractivity contribution in [2.45, 2.75) is 23.8 Å². The molecule has 0 bridgehead atoms. The van der Waals surface area contributed by atoms with Crippen molar-refractivity contribution in [1.29, 1.82) is 5.26 Å². The third-order valence-corrected chi connectivity index (χ3v) is 7.86. The Balaban J connectivity index is 1.83. The van der Waals surface area contributed by atoms with E-state index in [2.05, 4.69) is 30.1 Å². The van der Waals surface area contributed by atoms with Crippen LogP contribution in [-0.2, 0) is 0 Å². The van der Waals surface area contributed by atoms with E-state index in [1.165, 1.54) is 22.9 Å². The Labute approximate surface area is 138 Å². The summed E-state index contributed by atoms with van der Waals surface area (Å²) < 4.78 is 0. The van der Waals surface area contributed by atoms with Crippen molar-refractivity contribution in [2.75, 3.05) is 11.5 Å². The zero-order valence-corrected chi connectivity index (χ0v) is 14.2. The van der Waals surface area contributed by atoms with Crippen LogP contribution in [0.4, 0.5) is 0 Å². The Kier molecular flexibility index (Phi) is 4.89. The molecule has 21 heavy (non-hydrogen) atoms. The normalized spacial score (nSPS) is 21.9. The molecule has 2 aromatic rings. The van der Waals surface area contributed by atoms with Gasteiger partial charge in [-0.3, -0.25) is 0 Å². The lowest BCUT2D eigenvalue weighted by Gasteiger charge is -2.28. The highest BCUT2D eigenvalue weighted by Gasteiger charge is 2.28. The van der Waals surface area contributed by atoms with Crippen LogP contribution in [0.1, 0.15) is 29.2 Å². The first-order chi connectivity index (χ1) is 10.3. The zero-order chi connectivity index (χ0) is 14.7. The minimum atomic E-state index is 0.533. The van der Waals surface area contributed by atoms with Gasteiger partial charge in [-0.25, -0.2) is 4.98 Å². The summed E-state index contributed by atoms with van der Waals surface area (Å²) in [6.45, 7) is 2.27. The minimum absolute atomic E-state index is 0.533. The Hall–Kier alpha value is -0.960. The Morgan fingerprint density at radius 2 is 2.00 bits per heavy atom. The lowest BCUT2D eigenvalue weighted by atomic mass is 10.1. The minimum Gasteiger partial charge on any atom is -0.240 e. The van der Waals surface area contributed by atoms with Gasteiger partial charge in [-0.15, -0.1) is 23.1 Å². The lowest BCUT2D eigenvalue weighted by molar-refractivity contribution is 0.789. The lowest BCUT2D eigenvalue weighted by Crippen LogP contribution is -2.18. The standard InChI is InChI=1S/C16H16N2S3/c1-2-14-15(20-8-7-19-14)16-18-13(10-21-16)12-5-3-11(9-17)4-6-12/h3-6,10,14-15H,2,7-8H2,1H3. The van der Waals surface area contributed by atoms with Gasteiger partial charge in [-0.1, -0.05) is 19.1 Å². The number of aromatic nitrogens is 1. The average molecular weight is 333 g/mol. The summed E-state index contributed by atoms with van der Waals surface area (Å²) in [5.41, 5.74) is 2.82. The monoisotopic (exact) mass is 332 g/mol. The maximum Gasteiger partial charge on any atom is 0.107 e. The molecule has 1 fully saturated rings. The molecule has 1 aromatic carbocycles. The van der Waals surface area contributed by atoms with Crippen LogP contribution in [0.3, 0.4) is 0 Å². The Morgan fingerprint density at radius 1 is 1.24 bits per heavy atom. The fraction of sp³-hybridized carbons (Fsp3) is 0.375. The molecule has 0 amide bonds. The first-order valence-electron chi connectivity index (χ1n) is 7.01. The predicted molar refractivity (Wildman–Crippen MR) is 94.0 cm³/mol. The second-order valence-corrected chi connectivity index (χ2v) is 8.36. The van der Waals surface area contributed by atoms with Crippen LogP contribution in [0.2, 0.25) is 0 Å². The van der Waals surface area contributed by atoms with E-state index in [1.54, 1.807) is 11.3 Å². The Morgan fingerprint density at radius 3 is 2.71 bits per heavy atom. The molecule has 2 atom stereocenters. The van der Waals surface area contributed by atoms with Gasteiger partial charge in [0.2, 0.25) is 0 Å². The number of thiazole rings is 1. The highest BCUT2D eigenvalue weighted by atomic mass is 32.2. The summed E-state index contributed by atoms with van der Waals surface area (Å²) in [4.78, 5) is 4.86. The van der Waals surface area contributed by atoms with Gasteiger partial charge < -0.3 is 0 Å². The van der Waals surface area contributed by atoms with E-state index >= 15 is 0 Å². The molecule has 1 aliphatic rings. The van der Waals surface area contributed by atoms with E-state index < -0.39 is 0 Å². The molecule has 108 valence electrons. The van der Waals surface area contributed by atoms with Gasteiger partial charge >= 0.3 is 0 Å². The van der Waals surface area contributed by atoms with Gasteiger partial charge in [-0.05, 0) is 18.6 Å². The van der Waals surface area contributed by atoms with Gasteiger partial charge in [-0.2, -0.15) is 17.0 Å². The Bertz CT molecular complexity index is 642. The summed E-state index contributed by atoms with van der Waals surface area (Å²) in [6, 6.07) is 9.83. The van der Waals surface area contributed by atoms with Crippen LogP contribution in [0, 0.1) is 11.3 Å². The summed E-state index contributed by atoms with van der Waals surface area (Å²) in [7, 11) is 0. The maximum absolute atomic E-state index is 8.86. The van der Waals surface area contributed by atoms with E-state index in [0.29, 0.717) is 16.1 Å². The van der Waals surface area contributed by atoms with Crippen molar-refractivity contribution in [1.82, 2.24) is 4.98 Å². The van der Waals surface area contributed by atoms with Crippen molar-refractivity contribution in [3.05, 3.63) is 40.2 Å². The SMILES string of the molecule is CCC1SCCSC1c1nc(-c2ccc(C#N)cc2)cs1. The number of benzene rings is 1. The summed E-state index contributed by atoms with van der Waals surface area (Å²) in [5.74, 6) is 2.48. The summed E-state index contributed by atoms with van der Waals surface area (Å²) in [5, 5.41) is 13.5. The molecule has 1 aromatic heterocycles. The highest BCUT2D eigenvalue weighted by molar-refractivity contribution is 8.06. The average Bonchev–Trinajstić information content (AvgIpc) is 3.04. The molecule has 0 aliphatic carbocycles. The number of hydrogen-bond acceptors (Lipinski definition) is 5. The molecular weight excluding hydrogens is 316 g/mol. The quantitative estimate of drug-likeness (QED) is 0.794. The molecule has 3 rings (SSSR count). The first kappa shape index (κ1) is 15.0. The summed E-state index contributed by atoms with van der Waals surface area (Å²) >= 11 is 5.90. The van der Waals surface area contributed by atoms with E-state index in [1.807, 2.05) is 36.0 Å². The topological polar surface area (TPSA) is 36.7 Å². The maximum atomic E-state index is 8.86. The van der Waals surface area contributed by atoms with Gasteiger partial charge in [0, 0.05) is 27.7 Å². The van der Waals surface area contributed by atoms with Crippen molar-refractivity contribution < 1.29 is 0 Å². The van der Waals surface area contributed by atoms with Crippen molar-refractivity contribution in [2.24, 2.45) is 0 Å². The molecule has 2 unspecified atom stereocenters. The fourth-order valence-electron chi connectivity index (χ4n) is 2.40. The molecule has 0 N–H and O–H groups in total. The zero-order valence-electron chi connectivity index (χ0n) is 11.8. The number of thioether (sulfide) groups is 2.